The lowest BCUT2D eigenvalue weighted by molar-refractivity contribution is 0.886. The molecule has 0 saturated carbocycles. The van der Waals surface area contributed by atoms with Crippen molar-refractivity contribution in [3.8, 4) is 17.1 Å². The highest BCUT2D eigenvalue weighted by Gasteiger charge is 2.17. The van der Waals surface area contributed by atoms with Crippen molar-refractivity contribution in [1.82, 2.24) is 14.8 Å². The second kappa shape index (κ2) is 7.58. The summed E-state index contributed by atoms with van der Waals surface area (Å²) in [5.41, 5.74) is 4.65. The minimum atomic E-state index is 0.861. The zero-order valence-corrected chi connectivity index (χ0v) is 15.4. The van der Waals surface area contributed by atoms with E-state index in [2.05, 4.69) is 70.2 Å². The van der Waals surface area contributed by atoms with Gasteiger partial charge in [-0.1, -0.05) is 84.6 Å². The molecule has 4 heteroatoms. The van der Waals surface area contributed by atoms with E-state index in [1.54, 1.807) is 11.8 Å². The molecule has 0 bridgehead atoms. The van der Waals surface area contributed by atoms with Crippen LogP contribution < -0.4 is 0 Å². The molecule has 0 N–H and O–H groups in total. The third kappa shape index (κ3) is 3.41. The molecule has 3 aromatic carbocycles. The van der Waals surface area contributed by atoms with Crippen molar-refractivity contribution in [2.45, 2.75) is 17.8 Å². The molecule has 3 nitrogen and oxygen atoms in total. The number of hydrogen-bond acceptors (Lipinski definition) is 3. The normalized spacial score (nSPS) is 10.8. The number of aromatic nitrogens is 3. The van der Waals surface area contributed by atoms with Gasteiger partial charge in [0.2, 0.25) is 0 Å². The van der Waals surface area contributed by atoms with Crippen molar-refractivity contribution in [2.75, 3.05) is 0 Å². The first-order valence-electron chi connectivity index (χ1n) is 8.56. The number of hydrogen-bond donors (Lipinski definition) is 0. The van der Waals surface area contributed by atoms with Gasteiger partial charge in [-0.25, -0.2) is 0 Å². The summed E-state index contributed by atoms with van der Waals surface area (Å²) in [5.74, 6) is 1.74. The standard InChI is InChI=1S/C22H19N3S/c1-17-10-8-9-15-20(17)21-23-24-22(25(21)19-13-6-3-7-14-19)26-16-18-11-4-2-5-12-18/h2-15H,16H2,1H3. The molecule has 1 aromatic heterocycles. The molecule has 0 spiro atoms. The predicted octanol–water partition coefficient (Wildman–Crippen LogP) is 5.54. The first-order chi connectivity index (χ1) is 12.8. The lowest BCUT2D eigenvalue weighted by Gasteiger charge is -2.11. The van der Waals surface area contributed by atoms with Gasteiger partial charge in [0, 0.05) is 17.0 Å². The molecule has 128 valence electrons. The lowest BCUT2D eigenvalue weighted by atomic mass is 10.1. The Hall–Kier alpha value is -2.85. The number of benzene rings is 3. The second-order valence-corrected chi connectivity index (χ2v) is 7.01. The van der Waals surface area contributed by atoms with E-state index < -0.39 is 0 Å². The monoisotopic (exact) mass is 357 g/mol. The van der Waals surface area contributed by atoms with Gasteiger partial charge >= 0.3 is 0 Å². The van der Waals surface area contributed by atoms with Crippen molar-refractivity contribution in [3.05, 3.63) is 96.1 Å². The van der Waals surface area contributed by atoms with Gasteiger partial charge in [0.05, 0.1) is 0 Å². The van der Waals surface area contributed by atoms with Gasteiger partial charge in [0.15, 0.2) is 11.0 Å². The molecule has 26 heavy (non-hydrogen) atoms. The molecular weight excluding hydrogens is 338 g/mol. The first kappa shape index (κ1) is 16.6. The van der Waals surface area contributed by atoms with Crippen molar-refractivity contribution in [2.24, 2.45) is 0 Å². The van der Waals surface area contributed by atoms with E-state index in [1.165, 1.54) is 11.1 Å². The largest absolute Gasteiger partial charge is 0.270 e. The molecule has 0 aliphatic heterocycles. The molecule has 0 saturated heterocycles. The summed E-state index contributed by atoms with van der Waals surface area (Å²) < 4.78 is 2.15. The molecule has 4 rings (SSSR count). The van der Waals surface area contributed by atoms with Crippen LogP contribution in [0.15, 0.2) is 90.1 Å². The summed E-state index contributed by atoms with van der Waals surface area (Å²) in [6, 6.07) is 29.1. The minimum absolute atomic E-state index is 0.861. The van der Waals surface area contributed by atoms with Gasteiger partial charge in [-0.15, -0.1) is 10.2 Å². The summed E-state index contributed by atoms with van der Waals surface area (Å²) in [4.78, 5) is 0. The number of thioether (sulfide) groups is 1. The van der Waals surface area contributed by atoms with Crippen LogP contribution >= 0.6 is 11.8 Å². The van der Waals surface area contributed by atoms with Gasteiger partial charge in [0.25, 0.3) is 0 Å². The Kier molecular flexibility index (Phi) is 4.84. The van der Waals surface area contributed by atoms with E-state index >= 15 is 0 Å². The topological polar surface area (TPSA) is 30.7 Å². The molecular formula is C22H19N3S. The molecule has 0 amide bonds. The molecule has 1 heterocycles. The van der Waals surface area contributed by atoms with Crippen LogP contribution in [0.4, 0.5) is 0 Å². The van der Waals surface area contributed by atoms with Crippen molar-refractivity contribution in [1.29, 1.82) is 0 Å². The smallest absolute Gasteiger partial charge is 0.196 e. The van der Waals surface area contributed by atoms with Crippen LogP contribution in [0.25, 0.3) is 17.1 Å². The van der Waals surface area contributed by atoms with Crippen LogP contribution in [-0.2, 0) is 5.75 Å². The van der Waals surface area contributed by atoms with E-state index in [4.69, 9.17) is 0 Å². The van der Waals surface area contributed by atoms with Crippen LogP contribution in [0.3, 0.4) is 0 Å². The molecule has 0 aliphatic carbocycles. The fourth-order valence-corrected chi connectivity index (χ4v) is 3.80. The Labute approximate surface area is 157 Å². The molecule has 0 radical (unpaired) electrons. The Balaban J connectivity index is 1.76. The third-order valence-corrected chi connectivity index (χ3v) is 5.24. The molecule has 4 aromatic rings. The lowest BCUT2D eigenvalue weighted by Crippen LogP contribution is -2.00. The van der Waals surface area contributed by atoms with E-state index in [0.717, 1.165) is 28.0 Å². The quantitative estimate of drug-likeness (QED) is 0.440. The van der Waals surface area contributed by atoms with Gasteiger partial charge in [-0.05, 0) is 30.2 Å². The molecule has 0 fully saturated rings. The fraction of sp³-hybridized carbons (Fsp3) is 0.0909. The highest BCUT2D eigenvalue weighted by molar-refractivity contribution is 7.98. The second-order valence-electron chi connectivity index (χ2n) is 6.07. The average molecular weight is 357 g/mol. The summed E-state index contributed by atoms with van der Waals surface area (Å²) in [6.45, 7) is 2.11. The fourth-order valence-electron chi connectivity index (χ4n) is 2.89. The van der Waals surface area contributed by atoms with Crippen molar-refractivity contribution in [3.63, 3.8) is 0 Å². The number of para-hydroxylation sites is 1. The first-order valence-corrected chi connectivity index (χ1v) is 9.55. The predicted molar refractivity (Wildman–Crippen MR) is 108 cm³/mol. The SMILES string of the molecule is Cc1ccccc1-c1nnc(SCc2ccccc2)n1-c1ccccc1. The number of nitrogens with zero attached hydrogens (tertiary/aromatic N) is 3. The van der Waals surface area contributed by atoms with Gasteiger partial charge in [-0.2, -0.15) is 0 Å². The van der Waals surface area contributed by atoms with E-state index in [9.17, 15) is 0 Å². The van der Waals surface area contributed by atoms with Crippen LogP contribution in [0.2, 0.25) is 0 Å². The zero-order valence-electron chi connectivity index (χ0n) is 14.5. The Bertz CT molecular complexity index is 994. The Morgan fingerprint density at radius 2 is 1.42 bits per heavy atom. The zero-order chi connectivity index (χ0) is 17.8. The highest BCUT2D eigenvalue weighted by Crippen LogP contribution is 2.30. The third-order valence-electron chi connectivity index (χ3n) is 4.24. The maximum atomic E-state index is 4.53. The van der Waals surface area contributed by atoms with E-state index in [1.807, 2.05) is 36.4 Å². The minimum Gasteiger partial charge on any atom is -0.270 e. The molecule has 0 unspecified atom stereocenters. The van der Waals surface area contributed by atoms with Gasteiger partial charge in [0.1, 0.15) is 0 Å². The summed E-state index contributed by atoms with van der Waals surface area (Å²) >= 11 is 1.71. The van der Waals surface area contributed by atoms with Crippen LogP contribution in [0.1, 0.15) is 11.1 Å². The maximum Gasteiger partial charge on any atom is 0.196 e. The molecule has 0 atom stereocenters. The van der Waals surface area contributed by atoms with Gasteiger partial charge in [-0.3, -0.25) is 4.57 Å². The van der Waals surface area contributed by atoms with Crippen LogP contribution in [0.5, 0.6) is 0 Å². The van der Waals surface area contributed by atoms with Crippen LogP contribution in [0, 0.1) is 6.92 Å². The van der Waals surface area contributed by atoms with E-state index in [-0.39, 0.29) is 0 Å². The Morgan fingerprint density at radius 3 is 2.15 bits per heavy atom. The van der Waals surface area contributed by atoms with Crippen molar-refractivity contribution >= 4 is 11.8 Å². The van der Waals surface area contributed by atoms with Gasteiger partial charge < -0.3 is 0 Å². The van der Waals surface area contributed by atoms with Crippen molar-refractivity contribution < 1.29 is 0 Å². The highest BCUT2D eigenvalue weighted by atomic mass is 32.2. The van der Waals surface area contributed by atoms with E-state index in [0.29, 0.717) is 0 Å². The molecule has 0 aliphatic rings. The average Bonchev–Trinajstić information content (AvgIpc) is 3.12. The van der Waals surface area contributed by atoms with Crippen LogP contribution in [-0.4, -0.2) is 14.8 Å². The Morgan fingerprint density at radius 1 is 0.769 bits per heavy atom. The summed E-state index contributed by atoms with van der Waals surface area (Å²) in [7, 11) is 0. The summed E-state index contributed by atoms with van der Waals surface area (Å²) in [5, 5.41) is 9.93. The number of rotatable bonds is 5. The summed E-state index contributed by atoms with van der Waals surface area (Å²) in [6.07, 6.45) is 0. The number of aryl methyl sites for hydroxylation is 1. The maximum absolute atomic E-state index is 4.53.